The number of hydrogen-bond acceptors (Lipinski definition) is 4. The van der Waals surface area contributed by atoms with E-state index in [0.717, 1.165) is 33.9 Å². The Hall–Kier alpha value is -5.42. The van der Waals surface area contributed by atoms with Crippen molar-refractivity contribution in [1.29, 1.82) is 0 Å². The minimum atomic E-state index is 0.729. The van der Waals surface area contributed by atoms with Crippen LogP contribution < -0.4 is 0 Å². The van der Waals surface area contributed by atoms with Crippen molar-refractivity contribution >= 4 is 52.9 Å². The standard InChI is InChI=1S/C42H26N2S2/c1-2-8-27(9-3-1)28-14-16-29(17-15-28)36-26-37(30-18-20-31(21-19-30)40-24-32-10-4-6-12-38(32)45-40)44-42(43-36)33-22-23-35-34-11-5-7-13-39(34)46-41(35)25-33/h1-26H. The maximum absolute atomic E-state index is 5.16. The van der Waals surface area contributed by atoms with Crippen LogP contribution in [-0.4, -0.2) is 9.97 Å². The summed E-state index contributed by atoms with van der Waals surface area (Å²) in [5.74, 6) is 0.729. The number of fused-ring (bicyclic) bond motifs is 4. The molecular weight excluding hydrogens is 597 g/mol. The lowest BCUT2D eigenvalue weighted by Gasteiger charge is -2.11. The molecule has 4 heteroatoms. The van der Waals surface area contributed by atoms with E-state index < -0.39 is 0 Å². The first-order valence-electron chi connectivity index (χ1n) is 15.3. The van der Waals surface area contributed by atoms with Crippen molar-refractivity contribution in [2.24, 2.45) is 0 Å². The van der Waals surface area contributed by atoms with Crippen LogP contribution in [0.15, 0.2) is 158 Å². The fraction of sp³-hybridized carbons (Fsp3) is 0. The average molecular weight is 623 g/mol. The second-order valence-electron chi connectivity index (χ2n) is 11.4. The monoisotopic (exact) mass is 622 g/mol. The Labute approximate surface area is 274 Å². The van der Waals surface area contributed by atoms with Gasteiger partial charge in [-0.05, 0) is 52.4 Å². The summed E-state index contributed by atoms with van der Waals surface area (Å²) in [6.45, 7) is 0. The number of nitrogens with zero attached hydrogens (tertiary/aromatic N) is 2. The summed E-state index contributed by atoms with van der Waals surface area (Å²) in [4.78, 5) is 11.6. The van der Waals surface area contributed by atoms with Crippen molar-refractivity contribution in [2.75, 3.05) is 0 Å². The van der Waals surface area contributed by atoms with Crippen molar-refractivity contribution in [2.45, 2.75) is 0 Å². The SMILES string of the molecule is c1ccc(-c2ccc(-c3cc(-c4ccc(-c5cc6ccccc6s5)cc4)nc(-c4ccc5c(c4)sc4ccccc45)n3)cc2)cc1. The molecule has 6 aromatic carbocycles. The zero-order chi connectivity index (χ0) is 30.5. The van der Waals surface area contributed by atoms with Crippen molar-refractivity contribution in [3.63, 3.8) is 0 Å². The van der Waals surface area contributed by atoms with Gasteiger partial charge in [-0.3, -0.25) is 0 Å². The highest BCUT2D eigenvalue weighted by Gasteiger charge is 2.14. The highest BCUT2D eigenvalue weighted by atomic mass is 32.1. The molecule has 9 rings (SSSR count). The van der Waals surface area contributed by atoms with Crippen LogP contribution in [0.25, 0.3) is 85.7 Å². The number of rotatable bonds is 5. The lowest BCUT2D eigenvalue weighted by atomic mass is 10.0. The van der Waals surface area contributed by atoms with Gasteiger partial charge in [0, 0.05) is 46.4 Å². The maximum Gasteiger partial charge on any atom is 0.160 e. The molecule has 0 aliphatic heterocycles. The van der Waals surface area contributed by atoms with Gasteiger partial charge in [-0.1, -0.05) is 127 Å². The van der Waals surface area contributed by atoms with Gasteiger partial charge < -0.3 is 0 Å². The first-order chi connectivity index (χ1) is 22.7. The zero-order valence-corrected chi connectivity index (χ0v) is 26.4. The van der Waals surface area contributed by atoms with Crippen molar-refractivity contribution < 1.29 is 0 Å². The molecule has 0 atom stereocenters. The van der Waals surface area contributed by atoms with Crippen LogP contribution >= 0.6 is 22.7 Å². The van der Waals surface area contributed by atoms with Gasteiger partial charge in [0.15, 0.2) is 5.82 Å². The third-order valence-corrected chi connectivity index (χ3v) is 10.8. The first kappa shape index (κ1) is 26.9. The van der Waals surface area contributed by atoms with Gasteiger partial charge in [0.2, 0.25) is 0 Å². The van der Waals surface area contributed by atoms with Gasteiger partial charge in [-0.15, -0.1) is 22.7 Å². The van der Waals surface area contributed by atoms with Crippen LogP contribution in [0.5, 0.6) is 0 Å². The number of aromatic nitrogens is 2. The molecule has 0 saturated carbocycles. The largest absolute Gasteiger partial charge is 0.228 e. The van der Waals surface area contributed by atoms with Crippen molar-refractivity contribution in [1.82, 2.24) is 9.97 Å². The quantitative estimate of drug-likeness (QED) is 0.191. The molecule has 2 nitrogen and oxygen atoms in total. The van der Waals surface area contributed by atoms with Crippen molar-refractivity contribution in [3.05, 3.63) is 158 Å². The molecule has 0 fully saturated rings. The molecule has 0 unspecified atom stereocenters. The molecule has 46 heavy (non-hydrogen) atoms. The van der Waals surface area contributed by atoms with E-state index in [2.05, 4.69) is 152 Å². The molecule has 0 amide bonds. The minimum Gasteiger partial charge on any atom is -0.228 e. The summed E-state index contributed by atoms with van der Waals surface area (Å²) in [6, 6.07) is 56.1. The van der Waals surface area contributed by atoms with Crippen LogP contribution in [-0.2, 0) is 0 Å². The van der Waals surface area contributed by atoms with Gasteiger partial charge in [0.05, 0.1) is 11.4 Å². The fourth-order valence-corrected chi connectivity index (χ4v) is 8.34. The number of benzene rings is 6. The van der Waals surface area contributed by atoms with Gasteiger partial charge >= 0.3 is 0 Å². The Bertz CT molecular complexity index is 2470. The summed E-state index contributed by atoms with van der Waals surface area (Å²) in [5.41, 5.74) is 8.57. The summed E-state index contributed by atoms with van der Waals surface area (Å²) in [6.07, 6.45) is 0. The van der Waals surface area contributed by atoms with Crippen LogP contribution in [0.4, 0.5) is 0 Å². The van der Waals surface area contributed by atoms with E-state index >= 15 is 0 Å². The smallest absolute Gasteiger partial charge is 0.160 e. The summed E-state index contributed by atoms with van der Waals surface area (Å²) in [7, 11) is 0. The molecule has 0 N–H and O–H groups in total. The van der Waals surface area contributed by atoms with Gasteiger partial charge in [0.1, 0.15) is 0 Å². The van der Waals surface area contributed by atoms with E-state index in [1.807, 2.05) is 28.7 Å². The molecule has 3 heterocycles. The Morgan fingerprint density at radius 2 is 0.913 bits per heavy atom. The van der Waals surface area contributed by atoms with Crippen LogP contribution in [0.1, 0.15) is 0 Å². The van der Waals surface area contributed by atoms with Crippen LogP contribution in [0, 0.1) is 0 Å². The van der Waals surface area contributed by atoms with Gasteiger partial charge in [0.25, 0.3) is 0 Å². The molecule has 9 aromatic rings. The maximum atomic E-state index is 5.16. The lowest BCUT2D eigenvalue weighted by Crippen LogP contribution is -1.96. The van der Waals surface area contributed by atoms with Gasteiger partial charge in [-0.25, -0.2) is 9.97 Å². The normalized spacial score (nSPS) is 11.5. The third-order valence-electron chi connectivity index (χ3n) is 8.54. The Balaban J connectivity index is 1.15. The third kappa shape index (κ3) is 4.89. The topological polar surface area (TPSA) is 25.8 Å². The summed E-state index contributed by atoms with van der Waals surface area (Å²) in [5, 5.41) is 3.85. The van der Waals surface area contributed by atoms with E-state index in [9.17, 15) is 0 Å². The molecule has 0 aliphatic carbocycles. The van der Waals surface area contributed by atoms with Gasteiger partial charge in [-0.2, -0.15) is 0 Å². The summed E-state index contributed by atoms with van der Waals surface area (Å²) >= 11 is 3.65. The number of thiophene rings is 2. The van der Waals surface area contributed by atoms with Crippen LogP contribution in [0.3, 0.4) is 0 Å². The molecule has 0 aliphatic rings. The summed E-state index contributed by atoms with van der Waals surface area (Å²) < 4.78 is 3.84. The van der Waals surface area contributed by atoms with E-state index in [-0.39, 0.29) is 0 Å². The van der Waals surface area contributed by atoms with Crippen LogP contribution in [0.2, 0.25) is 0 Å². The predicted octanol–water partition coefficient (Wildman–Crippen LogP) is 12.4. The Morgan fingerprint density at radius 3 is 1.65 bits per heavy atom. The highest BCUT2D eigenvalue weighted by Crippen LogP contribution is 2.38. The van der Waals surface area contributed by atoms with E-state index in [0.29, 0.717) is 0 Å². The molecular formula is C42H26N2S2. The fourth-order valence-electron chi connectivity index (χ4n) is 6.13. The zero-order valence-electron chi connectivity index (χ0n) is 24.7. The molecule has 0 spiro atoms. The minimum absolute atomic E-state index is 0.729. The Kier molecular flexibility index (Phi) is 6.55. The molecule has 0 radical (unpaired) electrons. The average Bonchev–Trinajstić information content (AvgIpc) is 3.73. The lowest BCUT2D eigenvalue weighted by molar-refractivity contribution is 1.18. The second kappa shape index (κ2) is 11.2. The van der Waals surface area contributed by atoms with E-state index in [4.69, 9.17) is 9.97 Å². The van der Waals surface area contributed by atoms with Crippen molar-refractivity contribution in [3.8, 4) is 55.5 Å². The highest BCUT2D eigenvalue weighted by molar-refractivity contribution is 7.25. The number of hydrogen-bond donors (Lipinski definition) is 0. The second-order valence-corrected chi connectivity index (χ2v) is 13.6. The molecule has 0 bridgehead atoms. The molecule has 0 saturated heterocycles. The van der Waals surface area contributed by atoms with E-state index in [1.54, 1.807) is 0 Å². The predicted molar refractivity (Wildman–Crippen MR) is 197 cm³/mol. The molecule has 3 aromatic heterocycles. The first-order valence-corrected chi connectivity index (χ1v) is 16.9. The van der Waals surface area contributed by atoms with E-state index in [1.165, 1.54) is 51.8 Å². The Morgan fingerprint density at radius 1 is 0.348 bits per heavy atom. The molecule has 216 valence electrons.